The van der Waals surface area contributed by atoms with Crippen molar-refractivity contribution in [1.82, 2.24) is 0 Å². The van der Waals surface area contributed by atoms with Crippen LogP contribution in [0.25, 0.3) is 0 Å². The molecule has 0 aliphatic carbocycles. The maximum Gasteiger partial charge on any atom is 0.0449 e. The van der Waals surface area contributed by atoms with Gasteiger partial charge in [0.15, 0.2) is 0 Å². The molecule has 2 heteroatoms. The Morgan fingerprint density at radius 2 is 1.73 bits per heavy atom. The molecule has 0 spiro atoms. The quantitative estimate of drug-likeness (QED) is 0.830. The molecule has 0 aliphatic heterocycles. The Morgan fingerprint density at radius 3 is 2.36 bits per heavy atom. The van der Waals surface area contributed by atoms with Crippen molar-refractivity contribution in [1.29, 1.82) is 0 Å². The number of aliphatic hydroxyl groups excluding tert-OH is 1. The van der Waals surface area contributed by atoms with Gasteiger partial charge in [-0.2, -0.15) is 0 Å². The molecule has 114 valence electrons. The van der Waals surface area contributed by atoms with Gasteiger partial charge in [-0.05, 0) is 43.0 Å². The molecule has 22 heavy (non-hydrogen) atoms. The van der Waals surface area contributed by atoms with E-state index in [0.29, 0.717) is 6.42 Å². The van der Waals surface area contributed by atoms with E-state index in [4.69, 9.17) is 10.8 Å². The van der Waals surface area contributed by atoms with E-state index in [1.54, 1.807) is 0 Å². The van der Waals surface area contributed by atoms with E-state index in [0.717, 1.165) is 24.0 Å². The monoisotopic (exact) mass is 293 g/mol. The Bertz CT molecular complexity index is 632. The second-order valence-corrected chi connectivity index (χ2v) is 5.53. The molecule has 0 heterocycles. The van der Waals surface area contributed by atoms with Crippen LogP contribution in [-0.2, 0) is 6.42 Å². The zero-order chi connectivity index (χ0) is 15.8. The standard InChI is InChI=1S/C20H23NO/c1-16-6-8-17(9-7-16)4-2-3-5-18-10-12-19(13-11-18)20(21)14-15-22/h6-13,20,22H,2,4,14-15,21H2,1H3. The van der Waals surface area contributed by atoms with E-state index >= 15 is 0 Å². The largest absolute Gasteiger partial charge is 0.396 e. The summed E-state index contributed by atoms with van der Waals surface area (Å²) in [5.41, 5.74) is 10.6. The molecule has 1 unspecified atom stereocenters. The number of aryl methyl sites for hydroxylation is 2. The predicted molar refractivity (Wildman–Crippen MR) is 91.5 cm³/mol. The molecule has 0 bridgehead atoms. The minimum atomic E-state index is -0.103. The highest BCUT2D eigenvalue weighted by Crippen LogP contribution is 2.14. The smallest absolute Gasteiger partial charge is 0.0449 e. The molecule has 1 atom stereocenters. The van der Waals surface area contributed by atoms with E-state index < -0.39 is 0 Å². The van der Waals surface area contributed by atoms with Crippen LogP contribution in [0.1, 0.15) is 41.1 Å². The Morgan fingerprint density at radius 1 is 1.05 bits per heavy atom. The lowest BCUT2D eigenvalue weighted by atomic mass is 10.0. The number of hydrogen-bond donors (Lipinski definition) is 2. The third kappa shape index (κ3) is 5.04. The van der Waals surface area contributed by atoms with E-state index in [2.05, 4.69) is 43.0 Å². The summed E-state index contributed by atoms with van der Waals surface area (Å²) in [6.07, 6.45) is 2.42. The molecule has 2 nitrogen and oxygen atoms in total. The lowest BCUT2D eigenvalue weighted by Gasteiger charge is -2.09. The van der Waals surface area contributed by atoms with Crippen LogP contribution in [0.5, 0.6) is 0 Å². The fraction of sp³-hybridized carbons (Fsp3) is 0.300. The number of nitrogens with two attached hydrogens (primary N) is 1. The zero-order valence-corrected chi connectivity index (χ0v) is 13.0. The second-order valence-electron chi connectivity index (χ2n) is 5.53. The average Bonchev–Trinajstić information content (AvgIpc) is 2.54. The molecule has 0 radical (unpaired) electrons. The molecule has 0 saturated heterocycles. The van der Waals surface area contributed by atoms with Crippen LogP contribution in [0, 0.1) is 18.8 Å². The molecule has 0 aliphatic rings. The minimum absolute atomic E-state index is 0.103. The Balaban J connectivity index is 1.87. The highest BCUT2D eigenvalue weighted by Gasteiger charge is 2.03. The van der Waals surface area contributed by atoms with Crippen LogP contribution < -0.4 is 5.73 Å². The van der Waals surface area contributed by atoms with Gasteiger partial charge in [0.1, 0.15) is 0 Å². The molecular weight excluding hydrogens is 270 g/mol. The van der Waals surface area contributed by atoms with Gasteiger partial charge >= 0.3 is 0 Å². The lowest BCUT2D eigenvalue weighted by molar-refractivity contribution is 0.276. The Hall–Kier alpha value is -2.08. The van der Waals surface area contributed by atoms with E-state index in [1.165, 1.54) is 11.1 Å². The summed E-state index contributed by atoms with van der Waals surface area (Å²) >= 11 is 0. The highest BCUT2D eigenvalue weighted by atomic mass is 16.3. The first kappa shape index (κ1) is 16.3. The maximum absolute atomic E-state index is 8.90. The third-order valence-electron chi connectivity index (χ3n) is 3.67. The van der Waals surface area contributed by atoms with Gasteiger partial charge in [0.2, 0.25) is 0 Å². The van der Waals surface area contributed by atoms with Crippen LogP contribution in [0.3, 0.4) is 0 Å². The summed E-state index contributed by atoms with van der Waals surface area (Å²) in [7, 11) is 0. The summed E-state index contributed by atoms with van der Waals surface area (Å²) in [4.78, 5) is 0. The summed E-state index contributed by atoms with van der Waals surface area (Å²) in [6.45, 7) is 2.21. The number of benzene rings is 2. The van der Waals surface area contributed by atoms with Gasteiger partial charge in [-0.15, -0.1) is 0 Å². The Labute approximate surface area is 133 Å². The maximum atomic E-state index is 8.90. The molecule has 2 aromatic carbocycles. The third-order valence-corrected chi connectivity index (χ3v) is 3.67. The van der Waals surface area contributed by atoms with Gasteiger partial charge in [-0.3, -0.25) is 0 Å². The zero-order valence-electron chi connectivity index (χ0n) is 13.0. The summed E-state index contributed by atoms with van der Waals surface area (Å²) in [5.74, 6) is 6.40. The van der Waals surface area contributed by atoms with Gasteiger partial charge in [-0.1, -0.05) is 53.8 Å². The molecule has 0 saturated carbocycles. The summed E-state index contributed by atoms with van der Waals surface area (Å²) in [5, 5.41) is 8.90. The fourth-order valence-electron chi connectivity index (χ4n) is 2.25. The van der Waals surface area contributed by atoms with Gasteiger partial charge < -0.3 is 10.8 Å². The van der Waals surface area contributed by atoms with Crippen molar-refractivity contribution in [3.63, 3.8) is 0 Å². The molecule has 0 fully saturated rings. The van der Waals surface area contributed by atoms with Crippen molar-refractivity contribution in [2.24, 2.45) is 5.73 Å². The SMILES string of the molecule is Cc1ccc(CCC#Cc2ccc(C(N)CCO)cc2)cc1. The molecule has 2 rings (SSSR count). The van der Waals surface area contributed by atoms with Crippen molar-refractivity contribution >= 4 is 0 Å². The van der Waals surface area contributed by atoms with Crippen molar-refractivity contribution < 1.29 is 5.11 Å². The molecule has 0 aromatic heterocycles. The average molecular weight is 293 g/mol. The van der Waals surface area contributed by atoms with Crippen molar-refractivity contribution in [3.8, 4) is 11.8 Å². The summed E-state index contributed by atoms with van der Waals surface area (Å²) in [6, 6.07) is 16.5. The highest BCUT2D eigenvalue weighted by molar-refractivity contribution is 5.37. The Kier molecular flexibility index (Phi) is 6.21. The molecular formula is C20H23NO. The van der Waals surface area contributed by atoms with Gasteiger partial charge in [0.25, 0.3) is 0 Å². The minimum Gasteiger partial charge on any atom is -0.396 e. The second kappa shape index (κ2) is 8.38. The first-order valence-corrected chi connectivity index (χ1v) is 7.70. The van der Waals surface area contributed by atoms with Crippen LogP contribution in [0.2, 0.25) is 0 Å². The van der Waals surface area contributed by atoms with Gasteiger partial charge in [-0.25, -0.2) is 0 Å². The van der Waals surface area contributed by atoms with E-state index in [9.17, 15) is 0 Å². The molecule has 3 N–H and O–H groups in total. The lowest BCUT2D eigenvalue weighted by Crippen LogP contribution is -2.11. The van der Waals surface area contributed by atoms with Gasteiger partial charge in [0, 0.05) is 24.6 Å². The normalized spacial score (nSPS) is 11.6. The fourth-order valence-corrected chi connectivity index (χ4v) is 2.25. The molecule has 2 aromatic rings. The number of hydrogen-bond acceptors (Lipinski definition) is 2. The number of rotatable bonds is 5. The van der Waals surface area contributed by atoms with Crippen LogP contribution in [0.4, 0.5) is 0 Å². The first-order chi connectivity index (χ1) is 10.7. The van der Waals surface area contributed by atoms with Crippen LogP contribution in [-0.4, -0.2) is 11.7 Å². The van der Waals surface area contributed by atoms with Crippen molar-refractivity contribution in [3.05, 3.63) is 70.8 Å². The van der Waals surface area contributed by atoms with E-state index in [-0.39, 0.29) is 12.6 Å². The van der Waals surface area contributed by atoms with Crippen LogP contribution >= 0.6 is 0 Å². The predicted octanol–water partition coefficient (Wildman–Crippen LogP) is 3.36. The molecule has 0 amide bonds. The summed E-state index contributed by atoms with van der Waals surface area (Å²) < 4.78 is 0. The van der Waals surface area contributed by atoms with Crippen molar-refractivity contribution in [2.45, 2.75) is 32.2 Å². The topological polar surface area (TPSA) is 46.2 Å². The van der Waals surface area contributed by atoms with E-state index in [1.807, 2.05) is 24.3 Å². The van der Waals surface area contributed by atoms with Crippen molar-refractivity contribution in [2.75, 3.05) is 6.61 Å². The van der Waals surface area contributed by atoms with Crippen LogP contribution in [0.15, 0.2) is 48.5 Å². The van der Waals surface area contributed by atoms with Gasteiger partial charge in [0.05, 0.1) is 0 Å². The first-order valence-electron chi connectivity index (χ1n) is 7.70. The number of aliphatic hydroxyl groups is 1.